The summed E-state index contributed by atoms with van der Waals surface area (Å²) in [6.07, 6.45) is 2.00. The molecule has 1 atom stereocenters. The van der Waals surface area contributed by atoms with E-state index in [-0.39, 0.29) is 11.9 Å². The minimum absolute atomic E-state index is 0.00617. The van der Waals surface area contributed by atoms with E-state index in [9.17, 15) is 4.79 Å². The molecule has 118 valence electrons. The maximum absolute atomic E-state index is 12.7. The number of rotatable bonds is 2. The van der Waals surface area contributed by atoms with Gasteiger partial charge in [0.2, 0.25) is 0 Å². The number of aromatic nitrogens is 2. The first-order chi connectivity index (χ1) is 11.1. The molecule has 0 radical (unpaired) electrons. The highest BCUT2D eigenvalue weighted by Gasteiger charge is 2.26. The minimum Gasteiger partial charge on any atom is -0.337 e. The van der Waals surface area contributed by atoms with Gasteiger partial charge in [-0.3, -0.25) is 9.48 Å². The first-order valence-electron chi connectivity index (χ1n) is 7.90. The molecule has 1 aliphatic rings. The van der Waals surface area contributed by atoms with Crippen LogP contribution in [0.1, 0.15) is 46.2 Å². The molecule has 1 unspecified atom stereocenters. The summed E-state index contributed by atoms with van der Waals surface area (Å²) in [6, 6.07) is 11.3. The molecule has 1 aromatic heterocycles. The molecule has 0 spiro atoms. The van der Waals surface area contributed by atoms with E-state index in [4.69, 9.17) is 5.26 Å². The molecule has 5 nitrogen and oxygen atoms in total. The summed E-state index contributed by atoms with van der Waals surface area (Å²) in [4.78, 5) is 14.6. The van der Waals surface area contributed by atoms with Crippen molar-refractivity contribution in [3.63, 3.8) is 0 Å². The van der Waals surface area contributed by atoms with Crippen molar-refractivity contribution in [2.24, 2.45) is 0 Å². The Hall–Kier alpha value is -2.61. The molecule has 1 amide bonds. The summed E-state index contributed by atoms with van der Waals surface area (Å²) in [6.45, 7) is 5.46. The molecule has 0 saturated carbocycles. The SMILES string of the molecule is Cc1cc(C)n(C2CCCN(C(=O)c3cccc(C#N)c3)C2)n1. The maximum atomic E-state index is 12.7. The number of likely N-dealkylation sites (tertiary alicyclic amines) is 1. The van der Waals surface area contributed by atoms with Gasteiger partial charge in [-0.25, -0.2) is 0 Å². The zero-order chi connectivity index (χ0) is 16.4. The van der Waals surface area contributed by atoms with Crippen LogP contribution in [0.3, 0.4) is 0 Å². The van der Waals surface area contributed by atoms with E-state index in [2.05, 4.69) is 24.2 Å². The molecular weight excluding hydrogens is 288 g/mol. The summed E-state index contributed by atoms with van der Waals surface area (Å²) in [5, 5.41) is 13.6. The molecule has 0 aliphatic carbocycles. The fraction of sp³-hybridized carbons (Fsp3) is 0.389. The molecule has 3 rings (SSSR count). The van der Waals surface area contributed by atoms with Crippen molar-refractivity contribution in [2.45, 2.75) is 32.7 Å². The van der Waals surface area contributed by atoms with Crippen LogP contribution < -0.4 is 0 Å². The van der Waals surface area contributed by atoms with Gasteiger partial charge in [-0.2, -0.15) is 10.4 Å². The molecule has 5 heteroatoms. The lowest BCUT2D eigenvalue weighted by atomic mass is 10.0. The topological polar surface area (TPSA) is 61.9 Å². The average Bonchev–Trinajstić information content (AvgIpc) is 2.92. The molecule has 1 fully saturated rings. The average molecular weight is 308 g/mol. The van der Waals surface area contributed by atoms with Gasteiger partial charge < -0.3 is 4.90 Å². The zero-order valence-corrected chi connectivity index (χ0v) is 13.5. The van der Waals surface area contributed by atoms with E-state index >= 15 is 0 Å². The maximum Gasteiger partial charge on any atom is 0.253 e. The number of amides is 1. The van der Waals surface area contributed by atoms with Crippen LogP contribution in [0.2, 0.25) is 0 Å². The first-order valence-corrected chi connectivity index (χ1v) is 7.90. The van der Waals surface area contributed by atoms with Gasteiger partial charge in [0.15, 0.2) is 0 Å². The van der Waals surface area contributed by atoms with Crippen molar-refractivity contribution in [3.05, 3.63) is 52.8 Å². The van der Waals surface area contributed by atoms with Crippen molar-refractivity contribution in [3.8, 4) is 6.07 Å². The predicted octanol–water partition coefficient (Wildman–Crippen LogP) is 2.85. The van der Waals surface area contributed by atoms with Crippen LogP contribution in [0.25, 0.3) is 0 Å². The lowest BCUT2D eigenvalue weighted by Crippen LogP contribution is -2.41. The van der Waals surface area contributed by atoms with Gasteiger partial charge in [0.25, 0.3) is 5.91 Å². The third kappa shape index (κ3) is 3.11. The van der Waals surface area contributed by atoms with Crippen LogP contribution in [-0.2, 0) is 0 Å². The molecule has 23 heavy (non-hydrogen) atoms. The predicted molar refractivity (Wildman–Crippen MR) is 87.0 cm³/mol. The van der Waals surface area contributed by atoms with Crippen LogP contribution in [0.15, 0.2) is 30.3 Å². The Kier molecular flexibility index (Phi) is 4.16. The number of nitriles is 1. The Bertz CT molecular complexity index is 772. The second-order valence-electron chi connectivity index (χ2n) is 6.11. The van der Waals surface area contributed by atoms with Crippen molar-refractivity contribution in [1.82, 2.24) is 14.7 Å². The van der Waals surface area contributed by atoms with E-state index in [1.807, 2.05) is 16.5 Å². The van der Waals surface area contributed by atoms with E-state index in [1.165, 1.54) is 0 Å². The first kappa shape index (κ1) is 15.3. The highest BCUT2D eigenvalue weighted by atomic mass is 16.2. The molecule has 1 aliphatic heterocycles. The molecular formula is C18H20N4O. The van der Waals surface area contributed by atoms with Crippen LogP contribution in [0, 0.1) is 25.2 Å². The molecule has 1 aromatic carbocycles. The van der Waals surface area contributed by atoms with E-state index in [1.54, 1.807) is 24.3 Å². The van der Waals surface area contributed by atoms with Crippen LogP contribution >= 0.6 is 0 Å². The number of carbonyl (C=O) groups excluding carboxylic acids is 1. The zero-order valence-electron chi connectivity index (χ0n) is 13.5. The standard InChI is InChI=1S/C18H20N4O/c1-13-9-14(2)22(20-13)17-7-4-8-21(12-17)18(23)16-6-3-5-15(10-16)11-19/h3,5-6,9-10,17H,4,7-8,12H2,1-2H3. The summed E-state index contributed by atoms with van der Waals surface area (Å²) >= 11 is 0. The highest BCUT2D eigenvalue weighted by molar-refractivity contribution is 5.94. The Balaban J connectivity index is 1.79. The van der Waals surface area contributed by atoms with E-state index in [0.717, 1.165) is 30.8 Å². The van der Waals surface area contributed by atoms with Crippen molar-refractivity contribution < 1.29 is 4.79 Å². The number of aryl methyl sites for hydroxylation is 2. The quantitative estimate of drug-likeness (QED) is 0.857. The van der Waals surface area contributed by atoms with Crippen molar-refractivity contribution in [1.29, 1.82) is 5.26 Å². The van der Waals surface area contributed by atoms with Gasteiger partial charge in [0.1, 0.15) is 0 Å². The summed E-state index contributed by atoms with van der Waals surface area (Å²) in [5.41, 5.74) is 3.24. The number of carbonyl (C=O) groups is 1. The second kappa shape index (κ2) is 6.25. The van der Waals surface area contributed by atoms with Crippen LogP contribution in [0.5, 0.6) is 0 Å². The number of nitrogens with zero attached hydrogens (tertiary/aromatic N) is 4. The Labute approximate surface area is 136 Å². The van der Waals surface area contributed by atoms with Gasteiger partial charge in [0, 0.05) is 24.3 Å². The number of hydrogen-bond acceptors (Lipinski definition) is 3. The third-order valence-electron chi connectivity index (χ3n) is 4.31. The second-order valence-corrected chi connectivity index (χ2v) is 6.11. The molecule has 2 aromatic rings. The molecule has 2 heterocycles. The minimum atomic E-state index is -0.00617. The Morgan fingerprint density at radius 1 is 1.35 bits per heavy atom. The van der Waals surface area contributed by atoms with Gasteiger partial charge >= 0.3 is 0 Å². The fourth-order valence-corrected chi connectivity index (χ4v) is 3.26. The van der Waals surface area contributed by atoms with Crippen LogP contribution in [0.4, 0.5) is 0 Å². The highest BCUT2D eigenvalue weighted by Crippen LogP contribution is 2.24. The summed E-state index contributed by atoms with van der Waals surface area (Å²) in [7, 11) is 0. The monoisotopic (exact) mass is 308 g/mol. The normalized spacial score (nSPS) is 17.8. The van der Waals surface area contributed by atoms with Crippen LogP contribution in [-0.4, -0.2) is 33.7 Å². The van der Waals surface area contributed by atoms with Gasteiger partial charge in [-0.1, -0.05) is 6.07 Å². The lowest BCUT2D eigenvalue weighted by molar-refractivity contribution is 0.0671. The number of hydrogen-bond donors (Lipinski definition) is 0. The molecule has 0 N–H and O–H groups in total. The number of piperidine rings is 1. The van der Waals surface area contributed by atoms with E-state index in [0.29, 0.717) is 17.7 Å². The lowest BCUT2D eigenvalue weighted by Gasteiger charge is -2.33. The van der Waals surface area contributed by atoms with Gasteiger partial charge in [0.05, 0.1) is 23.4 Å². The summed E-state index contributed by atoms with van der Waals surface area (Å²) < 4.78 is 2.04. The van der Waals surface area contributed by atoms with Crippen molar-refractivity contribution >= 4 is 5.91 Å². The molecule has 1 saturated heterocycles. The van der Waals surface area contributed by atoms with Gasteiger partial charge in [-0.15, -0.1) is 0 Å². The largest absolute Gasteiger partial charge is 0.337 e. The Morgan fingerprint density at radius 3 is 2.87 bits per heavy atom. The smallest absolute Gasteiger partial charge is 0.253 e. The fourth-order valence-electron chi connectivity index (χ4n) is 3.26. The third-order valence-corrected chi connectivity index (χ3v) is 4.31. The molecule has 0 bridgehead atoms. The number of benzene rings is 1. The van der Waals surface area contributed by atoms with E-state index < -0.39 is 0 Å². The Morgan fingerprint density at radius 2 is 2.17 bits per heavy atom. The van der Waals surface area contributed by atoms with Crippen molar-refractivity contribution in [2.75, 3.05) is 13.1 Å². The van der Waals surface area contributed by atoms with Gasteiger partial charge in [-0.05, 0) is 51.0 Å². The summed E-state index contributed by atoms with van der Waals surface area (Å²) in [5.74, 6) is -0.00617.